The van der Waals surface area contributed by atoms with Gasteiger partial charge in [-0.3, -0.25) is 0 Å². The second kappa shape index (κ2) is 7.34. The van der Waals surface area contributed by atoms with Crippen LogP contribution in [0.4, 0.5) is 5.82 Å². The Morgan fingerprint density at radius 1 is 1.15 bits per heavy atom. The Morgan fingerprint density at radius 2 is 1.89 bits per heavy atom. The zero-order chi connectivity index (χ0) is 19.0. The molecule has 0 saturated carbocycles. The van der Waals surface area contributed by atoms with Crippen LogP contribution in [0.3, 0.4) is 0 Å². The lowest BCUT2D eigenvalue weighted by Gasteiger charge is -2.28. The van der Waals surface area contributed by atoms with E-state index in [2.05, 4.69) is 48.1 Å². The number of nitrogens with zero attached hydrogens (tertiary/aromatic N) is 2. The smallest absolute Gasteiger partial charge is 0.137 e. The standard InChI is InChI=1S/C21H25N3OS2/c1-21(2,3)16-6-4-5-7-18(16)27(25)19-14-15-17(26-19)8-9-23-20(15)24-12-10-22-11-13-24/h4-9,14,22H,10-13H2,1-3H3. The highest BCUT2D eigenvalue weighted by molar-refractivity contribution is 7.87. The summed E-state index contributed by atoms with van der Waals surface area (Å²) in [5.74, 6) is 1.01. The number of nitrogens with one attached hydrogen (secondary N) is 1. The van der Waals surface area contributed by atoms with Gasteiger partial charge in [-0.1, -0.05) is 39.0 Å². The number of piperazine rings is 1. The number of rotatable bonds is 3. The Bertz CT molecular complexity index is 985. The molecular weight excluding hydrogens is 374 g/mol. The van der Waals surface area contributed by atoms with E-state index in [0.717, 1.165) is 56.8 Å². The third-order valence-electron chi connectivity index (χ3n) is 4.90. The fourth-order valence-electron chi connectivity index (χ4n) is 3.50. The quantitative estimate of drug-likeness (QED) is 0.718. The van der Waals surface area contributed by atoms with Gasteiger partial charge in [0.25, 0.3) is 0 Å². The fourth-order valence-corrected chi connectivity index (χ4v) is 6.34. The maximum absolute atomic E-state index is 13.4. The maximum atomic E-state index is 13.4. The molecule has 0 radical (unpaired) electrons. The van der Waals surface area contributed by atoms with Crippen molar-refractivity contribution < 1.29 is 4.21 Å². The summed E-state index contributed by atoms with van der Waals surface area (Å²) in [6.07, 6.45) is 1.87. The van der Waals surface area contributed by atoms with Crippen molar-refractivity contribution in [2.24, 2.45) is 0 Å². The summed E-state index contributed by atoms with van der Waals surface area (Å²) < 4.78 is 15.5. The second-order valence-electron chi connectivity index (χ2n) is 7.86. The number of aromatic nitrogens is 1. The van der Waals surface area contributed by atoms with Gasteiger partial charge in [0.2, 0.25) is 0 Å². The first-order chi connectivity index (χ1) is 12.9. The predicted octanol–water partition coefficient (Wildman–Crippen LogP) is 4.17. The molecule has 0 spiro atoms. The molecule has 3 aromatic rings. The molecule has 2 aromatic heterocycles. The summed E-state index contributed by atoms with van der Waals surface area (Å²) in [6, 6.07) is 12.2. The molecule has 1 atom stereocenters. The van der Waals surface area contributed by atoms with E-state index in [4.69, 9.17) is 0 Å². The lowest BCUT2D eigenvalue weighted by molar-refractivity contribution is 0.575. The van der Waals surface area contributed by atoms with Crippen molar-refractivity contribution in [3.63, 3.8) is 0 Å². The number of fused-ring (bicyclic) bond motifs is 1. The number of pyridine rings is 1. The molecule has 4 rings (SSSR count). The summed E-state index contributed by atoms with van der Waals surface area (Å²) in [6.45, 7) is 10.3. The SMILES string of the molecule is CC(C)(C)c1ccccc1S(=O)c1cc2c(N3CCNCC3)nccc2s1. The van der Waals surface area contributed by atoms with Gasteiger partial charge in [-0.15, -0.1) is 11.3 Å². The van der Waals surface area contributed by atoms with Crippen molar-refractivity contribution in [1.82, 2.24) is 10.3 Å². The van der Waals surface area contributed by atoms with Gasteiger partial charge in [0.05, 0.1) is 15.0 Å². The van der Waals surface area contributed by atoms with Crippen LogP contribution in [0.15, 0.2) is 51.7 Å². The first-order valence-corrected chi connectivity index (χ1v) is 11.3. The zero-order valence-corrected chi connectivity index (χ0v) is 17.6. The van der Waals surface area contributed by atoms with Crippen LogP contribution in [-0.4, -0.2) is 35.4 Å². The van der Waals surface area contributed by atoms with Crippen LogP contribution < -0.4 is 10.2 Å². The molecule has 3 heterocycles. The third kappa shape index (κ3) is 3.66. The van der Waals surface area contributed by atoms with Crippen molar-refractivity contribution in [1.29, 1.82) is 0 Å². The number of anilines is 1. The summed E-state index contributed by atoms with van der Waals surface area (Å²) >= 11 is 1.62. The van der Waals surface area contributed by atoms with Crippen molar-refractivity contribution in [3.05, 3.63) is 48.2 Å². The molecule has 1 aromatic carbocycles. The lowest BCUT2D eigenvalue weighted by atomic mass is 9.87. The lowest BCUT2D eigenvalue weighted by Crippen LogP contribution is -2.43. The molecule has 1 saturated heterocycles. The molecular formula is C21H25N3OS2. The summed E-state index contributed by atoms with van der Waals surface area (Å²) in [4.78, 5) is 7.87. The Kier molecular flexibility index (Phi) is 5.05. The van der Waals surface area contributed by atoms with Gasteiger partial charge in [-0.2, -0.15) is 0 Å². The fraction of sp³-hybridized carbons (Fsp3) is 0.381. The minimum atomic E-state index is -1.19. The molecule has 1 unspecified atom stereocenters. The molecule has 0 amide bonds. The molecule has 4 nitrogen and oxygen atoms in total. The first kappa shape index (κ1) is 18.6. The highest BCUT2D eigenvalue weighted by atomic mass is 32.2. The summed E-state index contributed by atoms with van der Waals surface area (Å²) in [5, 5.41) is 4.49. The van der Waals surface area contributed by atoms with Crippen LogP contribution in [0.25, 0.3) is 10.1 Å². The van der Waals surface area contributed by atoms with Gasteiger partial charge in [0.15, 0.2) is 0 Å². The number of benzene rings is 1. The molecule has 1 aliphatic heterocycles. The molecule has 142 valence electrons. The van der Waals surface area contributed by atoms with E-state index in [-0.39, 0.29) is 5.41 Å². The highest BCUT2D eigenvalue weighted by Crippen LogP contribution is 2.37. The number of thiophene rings is 1. The van der Waals surface area contributed by atoms with E-state index in [1.807, 2.05) is 30.5 Å². The van der Waals surface area contributed by atoms with Crippen molar-refractivity contribution >= 4 is 38.0 Å². The van der Waals surface area contributed by atoms with Gasteiger partial charge < -0.3 is 10.2 Å². The van der Waals surface area contributed by atoms with Gasteiger partial charge in [-0.25, -0.2) is 9.19 Å². The topological polar surface area (TPSA) is 45.2 Å². The summed E-state index contributed by atoms with van der Waals surface area (Å²) in [5.41, 5.74) is 1.09. The van der Waals surface area contributed by atoms with E-state index in [1.165, 1.54) is 0 Å². The minimum absolute atomic E-state index is 0.0452. The van der Waals surface area contributed by atoms with Gasteiger partial charge in [0, 0.05) is 47.4 Å². The van der Waals surface area contributed by atoms with Gasteiger partial charge in [-0.05, 0) is 29.2 Å². The average molecular weight is 400 g/mol. The first-order valence-electron chi connectivity index (χ1n) is 9.30. The normalized spacial score (nSPS) is 16.6. The molecule has 27 heavy (non-hydrogen) atoms. The van der Waals surface area contributed by atoms with Crippen molar-refractivity contribution in [3.8, 4) is 0 Å². The number of hydrogen-bond donors (Lipinski definition) is 1. The van der Waals surface area contributed by atoms with Crippen LogP contribution in [0, 0.1) is 0 Å². The zero-order valence-electron chi connectivity index (χ0n) is 16.0. The van der Waals surface area contributed by atoms with E-state index in [0.29, 0.717) is 0 Å². The monoisotopic (exact) mass is 399 g/mol. The third-order valence-corrected chi connectivity index (χ3v) is 7.73. The van der Waals surface area contributed by atoms with E-state index >= 15 is 0 Å². The predicted molar refractivity (Wildman–Crippen MR) is 115 cm³/mol. The van der Waals surface area contributed by atoms with E-state index in [1.54, 1.807) is 11.3 Å². The Labute approximate surface area is 167 Å². The largest absolute Gasteiger partial charge is 0.354 e. The minimum Gasteiger partial charge on any atom is -0.354 e. The van der Waals surface area contributed by atoms with Crippen LogP contribution >= 0.6 is 11.3 Å². The van der Waals surface area contributed by atoms with Gasteiger partial charge >= 0.3 is 0 Å². The molecule has 1 aliphatic rings. The number of hydrogen-bond acceptors (Lipinski definition) is 5. The molecule has 0 bridgehead atoms. The van der Waals surface area contributed by atoms with Crippen LogP contribution in [0.1, 0.15) is 26.3 Å². The molecule has 1 N–H and O–H groups in total. The Hall–Kier alpha value is -1.76. The molecule has 0 aliphatic carbocycles. The van der Waals surface area contributed by atoms with Crippen LogP contribution in [0.2, 0.25) is 0 Å². The van der Waals surface area contributed by atoms with Crippen molar-refractivity contribution in [2.75, 3.05) is 31.1 Å². The van der Waals surface area contributed by atoms with Crippen LogP contribution in [0.5, 0.6) is 0 Å². The van der Waals surface area contributed by atoms with E-state index < -0.39 is 10.8 Å². The average Bonchev–Trinajstić information content (AvgIpc) is 3.11. The summed E-state index contributed by atoms with van der Waals surface area (Å²) in [7, 11) is -1.19. The highest BCUT2D eigenvalue weighted by Gasteiger charge is 2.23. The van der Waals surface area contributed by atoms with Crippen molar-refractivity contribution in [2.45, 2.75) is 35.3 Å². The second-order valence-corrected chi connectivity index (χ2v) is 10.6. The molecule has 6 heteroatoms. The Morgan fingerprint density at radius 3 is 2.63 bits per heavy atom. The van der Waals surface area contributed by atoms with E-state index in [9.17, 15) is 4.21 Å². The van der Waals surface area contributed by atoms with Gasteiger partial charge in [0.1, 0.15) is 5.82 Å². The Balaban J connectivity index is 1.76. The van der Waals surface area contributed by atoms with Crippen LogP contribution in [-0.2, 0) is 16.2 Å². The molecule has 1 fully saturated rings. The maximum Gasteiger partial charge on any atom is 0.137 e.